The third kappa shape index (κ3) is 2.72. The Balaban J connectivity index is 2.42. The molecule has 0 saturated heterocycles. The lowest BCUT2D eigenvalue weighted by molar-refractivity contribution is 0.198. The second-order valence-electron chi connectivity index (χ2n) is 3.75. The zero-order chi connectivity index (χ0) is 12.8. The Hall–Kier alpha value is -1.78. The molecule has 2 aromatic rings. The molecule has 0 bridgehead atoms. The average molecular weight is 248 g/mol. The third-order valence-electron chi connectivity index (χ3n) is 2.53. The SMILES string of the molecule is OCCOc1cccc2cccc(OCCO)c12. The molecule has 0 saturated carbocycles. The Morgan fingerprint density at radius 2 is 1.28 bits per heavy atom. The molecule has 0 amide bonds. The fourth-order valence-electron chi connectivity index (χ4n) is 1.82. The smallest absolute Gasteiger partial charge is 0.130 e. The number of ether oxygens (including phenoxy) is 2. The van der Waals surface area contributed by atoms with E-state index in [9.17, 15) is 0 Å². The average Bonchev–Trinajstić information content (AvgIpc) is 2.42. The first-order valence-corrected chi connectivity index (χ1v) is 5.86. The van der Waals surface area contributed by atoms with Crippen molar-refractivity contribution in [2.45, 2.75) is 0 Å². The maximum Gasteiger partial charge on any atom is 0.130 e. The highest BCUT2D eigenvalue weighted by molar-refractivity contribution is 5.93. The molecule has 0 fully saturated rings. The van der Waals surface area contributed by atoms with Gasteiger partial charge in [0.25, 0.3) is 0 Å². The van der Waals surface area contributed by atoms with Crippen LogP contribution in [-0.2, 0) is 0 Å². The number of rotatable bonds is 6. The first-order valence-electron chi connectivity index (χ1n) is 5.86. The molecule has 0 aliphatic carbocycles. The molecular formula is C14H16O4. The Bertz CT molecular complexity index is 467. The maximum absolute atomic E-state index is 8.82. The lowest BCUT2D eigenvalue weighted by atomic mass is 10.1. The topological polar surface area (TPSA) is 58.9 Å². The minimum absolute atomic E-state index is 0.0317. The van der Waals surface area contributed by atoms with E-state index in [-0.39, 0.29) is 26.4 Å². The highest BCUT2D eigenvalue weighted by Gasteiger charge is 2.08. The molecule has 0 radical (unpaired) electrons. The quantitative estimate of drug-likeness (QED) is 0.815. The Kier molecular flexibility index (Phi) is 4.39. The van der Waals surface area contributed by atoms with Crippen LogP contribution in [-0.4, -0.2) is 36.6 Å². The largest absolute Gasteiger partial charge is 0.490 e. The molecule has 0 unspecified atom stereocenters. The van der Waals surface area contributed by atoms with Gasteiger partial charge in [0.05, 0.1) is 18.6 Å². The fourth-order valence-corrected chi connectivity index (χ4v) is 1.82. The van der Waals surface area contributed by atoms with Crippen LogP contribution in [0.2, 0.25) is 0 Å². The normalized spacial score (nSPS) is 10.6. The molecular weight excluding hydrogens is 232 g/mol. The summed E-state index contributed by atoms with van der Waals surface area (Å²) in [6.07, 6.45) is 0. The van der Waals surface area contributed by atoms with Crippen LogP contribution >= 0.6 is 0 Å². The van der Waals surface area contributed by atoms with Crippen LogP contribution in [0, 0.1) is 0 Å². The van der Waals surface area contributed by atoms with Gasteiger partial charge in [-0.3, -0.25) is 0 Å². The number of hydrogen-bond donors (Lipinski definition) is 2. The van der Waals surface area contributed by atoms with Crippen molar-refractivity contribution in [3.63, 3.8) is 0 Å². The van der Waals surface area contributed by atoms with E-state index in [0.717, 1.165) is 10.8 Å². The van der Waals surface area contributed by atoms with Crippen molar-refractivity contribution >= 4 is 10.8 Å². The van der Waals surface area contributed by atoms with Crippen LogP contribution < -0.4 is 9.47 Å². The molecule has 2 aromatic carbocycles. The van der Waals surface area contributed by atoms with Crippen LogP contribution in [0.15, 0.2) is 36.4 Å². The molecule has 96 valence electrons. The lowest BCUT2D eigenvalue weighted by Crippen LogP contribution is -2.04. The van der Waals surface area contributed by atoms with Gasteiger partial charge in [-0.05, 0) is 17.5 Å². The van der Waals surface area contributed by atoms with Crippen molar-refractivity contribution in [2.75, 3.05) is 26.4 Å². The van der Waals surface area contributed by atoms with E-state index in [1.807, 2.05) is 36.4 Å². The Morgan fingerprint density at radius 1 is 0.778 bits per heavy atom. The van der Waals surface area contributed by atoms with Crippen molar-refractivity contribution < 1.29 is 19.7 Å². The Morgan fingerprint density at radius 3 is 1.72 bits per heavy atom. The summed E-state index contributed by atoms with van der Waals surface area (Å²) < 4.78 is 11.0. The van der Waals surface area contributed by atoms with Gasteiger partial charge in [0.2, 0.25) is 0 Å². The van der Waals surface area contributed by atoms with Gasteiger partial charge in [-0.25, -0.2) is 0 Å². The zero-order valence-electron chi connectivity index (χ0n) is 10.0. The molecule has 4 nitrogen and oxygen atoms in total. The van der Waals surface area contributed by atoms with Crippen molar-refractivity contribution in [1.82, 2.24) is 0 Å². The summed E-state index contributed by atoms with van der Waals surface area (Å²) in [6, 6.07) is 11.4. The van der Waals surface area contributed by atoms with Gasteiger partial charge >= 0.3 is 0 Å². The third-order valence-corrected chi connectivity index (χ3v) is 2.53. The van der Waals surface area contributed by atoms with E-state index >= 15 is 0 Å². The standard InChI is InChI=1S/C14H16O4/c15-7-9-17-12-5-1-3-11-4-2-6-13(14(11)12)18-10-8-16/h1-6,15-16H,7-10H2. The highest BCUT2D eigenvalue weighted by atomic mass is 16.5. The molecule has 0 spiro atoms. The molecule has 4 heteroatoms. The van der Waals surface area contributed by atoms with Gasteiger partial charge in [0, 0.05) is 0 Å². The number of aliphatic hydroxyl groups excluding tert-OH is 2. The van der Waals surface area contributed by atoms with Crippen molar-refractivity contribution in [3.8, 4) is 11.5 Å². The predicted octanol–water partition coefficient (Wildman–Crippen LogP) is 1.58. The lowest BCUT2D eigenvalue weighted by Gasteiger charge is -2.12. The van der Waals surface area contributed by atoms with Crippen molar-refractivity contribution in [2.24, 2.45) is 0 Å². The van der Waals surface area contributed by atoms with Crippen LogP contribution in [0.3, 0.4) is 0 Å². The second kappa shape index (κ2) is 6.23. The fraction of sp³-hybridized carbons (Fsp3) is 0.286. The summed E-state index contributed by atoms with van der Waals surface area (Å²) in [6.45, 7) is 0.424. The summed E-state index contributed by atoms with van der Waals surface area (Å²) in [7, 11) is 0. The van der Waals surface area contributed by atoms with Gasteiger partial charge < -0.3 is 19.7 Å². The monoisotopic (exact) mass is 248 g/mol. The van der Waals surface area contributed by atoms with Crippen LogP contribution in [0.4, 0.5) is 0 Å². The van der Waals surface area contributed by atoms with E-state index in [2.05, 4.69) is 0 Å². The summed E-state index contributed by atoms with van der Waals surface area (Å²) in [4.78, 5) is 0. The van der Waals surface area contributed by atoms with Crippen molar-refractivity contribution in [3.05, 3.63) is 36.4 Å². The molecule has 0 aliphatic heterocycles. The summed E-state index contributed by atoms with van der Waals surface area (Å²) in [5.41, 5.74) is 0. The van der Waals surface area contributed by atoms with Gasteiger partial charge in [-0.2, -0.15) is 0 Å². The predicted molar refractivity (Wildman–Crippen MR) is 69.1 cm³/mol. The molecule has 0 atom stereocenters. The number of benzene rings is 2. The first kappa shape index (κ1) is 12.7. The summed E-state index contributed by atoms with van der Waals surface area (Å²) in [5, 5.41) is 19.5. The summed E-state index contributed by atoms with van der Waals surface area (Å²) >= 11 is 0. The van der Waals surface area contributed by atoms with Crippen molar-refractivity contribution in [1.29, 1.82) is 0 Å². The van der Waals surface area contributed by atoms with E-state index < -0.39 is 0 Å². The highest BCUT2D eigenvalue weighted by Crippen LogP contribution is 2.33. The first-order chi connectivity index (χ1) is 8.86. The minimum atomic E-state index is -0.0317. The molecule has 0 aliphatic rings. The van der Waals surface area contributed by atoms with E-state index in [1.54, 1.807) is 0 Å². The summed E-state index contributed by atoms with van der Waals surface area (Å²) in [5.74, 6) is 1.35. The zero-order valence-corrected chi connectivity index (χ0v) is 10.0. The molecule has 2 N–H and O–H groups in total. The van der Waals surface area contributed by atoms with Crippen LogP contribution in [0.25, 0.3) is 10.8 Å². The molecule has 0 heterocycles. The van der Waals surface area contributed by atoms with E-state index in [1.165, 1.54) is 0 Å². The second-order valence-corrected chi connectivity index (χ2v) is 3.75. The van der Waals surface area contributed by atoms with Gasteiger partial charge in [0.1, 0.15) is 24.7 Å². The van der Waals surface area contributed by atoms with E-state index in [0.29, 0.717) is 11.5 Å². The van der Waals surface area contributed by atoms with Gasteiger partial charge in [-0.1, -0.05) is 24.3 Å². The van der Waals surface area contributed by atoms with Crippen LogP contribution in [0.1, 0.15) is 0 Å². The number of hydrogen-bond acceptors (Lipinski definition) is 4. The molecule has 18 heavy (non-hydrogen) atoms. The van der Waals surface area contributed by atoms with Crippen LogP contribution in [0.5, 0.6) is 11.5 Å². The minimum Gasteiger partial charge on any atom is -0.490 e. The Labute approximate surface area is 105 Å². The number of fused-ring (bicyclic) bond motifs is 1. The molecule has 2 rings (SSSR count). The maximum atomic E-state index is 8.82. The van der Waals surface area contributed by atoms with Gasteiger partial charge in [-0.15, -0.1) is 0 Å². The molecule has 0 aromatic heterocycles. The number of aliphatic hydroxyl groups is 2. The van der Waals surface area contributed by atoms with Gasteiger partial charge in [0.15, 0.2) is 0 Å². The van der Waals surface area contributed by atoms with E-state index in [4.69, 9.17) is 19.7 Å².